The lowest BCUT2D eigenvalue weighted by atomic mass is 9.96. The van der Waals surface area contributed by atoms with Crippen LogP contribution in [0.25, 0.3) is 0 Å². The minimum Gasteiger partial charge on any atom is -0.392 e. The van der Waals surface area contributed by atoms with E-state index in [1.54, 1.807) is 0 Å². The molecule has 3 heteroatoms. The lowest BCUT2D eigenvalue weighted by Crippen LogP contribution is -2.25. The zero-order chi connectivity index (χ0) is 13.7. The fraction of sp³-hybridized carbons (Fsp3) is 0.625. The molecule has 1 unspecified atom stereocenters. The minimum absolute atomic E-state index is 0.0178. The molecule has 19 heavy (non-hydrogen) atoms. The van der Waals surface area contributed by atoms with Gasteiger partial charge in [0.05, 0.1) is 6.61 Å². The first-order chi connectivity index (χ1) is 9.26. The molecule has 1 aliphatic heterocycles. The van der Waals surface area contributed by atoms with E-state index < -0.39 is 0 Å². The fourth-order valence-corrected chi connectivity index (χ4v) is 3.33. The highest BCUT2D eigenvalue weighted by Gasteiger charge is 2.19. The van der Waals surface area contributed by atoms with Crippen LogP contribution in [0.5, 0.6) is 0 Å². The maximum absolute atomic E-state index is 9.53. The molecule has 1 fully saturated rings. The zero-order valence-corrected chi connectivity index (χ0v) is 12.5. The molecule has 1 aromatic rings. The first kappa shape index (κ1) is 14.7. The molecule has 1 saturated heterocycles. The quantitative estimate of drug-likeness (QED) is 0.892. The average molecular weight is 282 g/mol. The zero-order valence-electron chi connectivity index (χ0n) is 11.7. The van der Waals surface area contributed by atoms with E-state index in [4.69, 9.17) is 11.6 Å². The number of rotatable bonds is 4. The van der Waals surface area contributed by atoms with E-state index in [2.05, 4.69) is 17.9 Å². The summed E-state index contributed by atoms with van der Waals surface area (Å²) in [7, 11) is 0. The number of hydrogen-bond donors (Lipinski definition) is 1. The fourth-order valence-electron chi connectivity index (χ4n) is 3.10. The molecule has 0 radical (unpaired) electrons. The van der Waals surface area contributed by atoms with E-state index >= 15 is 0 Å². The largest absolute Gasteiger partial charge is 0.392 e. The lowest BCUT2D eigenvalue weighted by molar-refractivity contribution is 0.282. The first-order valence-electron chi connectivity index (χ1n) is 7.39. The molecule has 2 rings (SSSR count). The van der Waals surface area contributed by atoms with Crippen LogP contribution in [0.4, 0.5) is 5.69 Å². The molecular weight excluding hydrogens is 258 g/mol. The molecule has 0 spiro atoms. The first-order valence-corrected chi connectivity index (χ1v) is 7.77. The molecule has 0 saturated carbocycles. The summed E-state index contributed by atoms with van der Waals surface area (Å²) in [5, 5.41) is 10.2. The van der Waals surface area contributed by atoms with Crippen molar-refractivity contribution in [2.45, 2.75) is 45.6 Å². The monoisotopic (exact) mass is 281 g/mol. The van der Waals surface area contributed by atoms with Crippen molar-refractivity contribution < 1.29 is 5.11 Å². The standard InChI is InChI=1S/C16H24ClNO/c1-2-5-13-6-4-10-18(11-9-13)16-8-3-7-15(17)14(16)12-19/h3,7-8,13,19H,2,4-6,9-12H2,1H3. The molecular formula is C16H24ClNO. The van der Waals surface area contributed by atoms with E-state index in [-0.39, 0.29) is 6.61 Å². The number of halogens is 1. The van der Waals surface area contributed by atoms with Gasteiger partial charge in [-0.15, -0.1) is 0 Å². The summed E-state index contributed by atoms with van der Waals surface area (Å²) < 4.78 is 0. The summed E-state index contributed by atoms with van der Waals surface area (Å²) in [4.78, 5) is 2.40. The third kappa shape index (κ3) is 3.64. The van der Waals surface area contributed by atoms with Gasteiger partial charge in [0.2, 0.25) is 0 Å². The second kappa shape index (κ2) is 7.16. The number of nitrogens with zero attached hydrogens (tertiary/aromatic N) is 1. The van der Waals surface area contributed by atoms with Crippen molar-refractivity contribution in [3.05, 3.63) is 28.8 Å². The van der Waals surface area contributed by atoms with Crippen LogP contribution < -0.4 is 4.90 Å². The van der Waals surface area contributed by atoms with Crippen molar-refractivity contribution in [3.63, 3.8) is 0 Å². The van der Waals surface area contributed by atoms with Crippen molar-refractivity contribution in [1.29, 1.82) is 0 Å². The summed E-state index contributed by atoms with van der Waals surface area (Å²) in [6.45, 7) is 4.44. The Morgan fingerprint density at radius 1 is 1.32 bits per heavy atom. The van der Waals surface area contributed by atoms with Gasteiger partial charge >= 0.3 is 0 Å². The number of anilines is 1. The van der Waals surface area contributed by atoms with E-state index in [1.165, 1.54) is 32.1 Å². The Balaban J connectivity index is 2.12. The van der Waals surface area contributed by atoms with Crippen LogP contribution in [0.1, 0.15) is 44.6 Å². The van der Waals surface area contributed by atoms with Crippen LogP contribution in [0.15, 0.2) is 18.2 Å². The van der Waals surface area contributed by atoms with Crippen molar-refractivity contribution in [1.82, 2.24) is 0 Å². The second-order valence-electron chi connectivity index (χ2n) is 5.47. The minimum atomic E-state index is 0.0178. The Kier molecular flexibility index (Phi) is 5.53. The average Bonchev–Trinajstić information content (AvgIpc) is 2.64. The maximum atomic E-state index is 9.53. The molecule has 0 amide bonds. The molecule has 1 aliphatic rings. The molecule has 2 nitrogen and oxygen atoms in total. The molecule has 0 aliphatic carbocycles. The van der Waals surface area contributed by atoms with E-state index in [0.29, 0.717) is 5.02 Å². The molecule has 0 aromatic heterocycles. The Hall–Kier alpha value is -0.730. The van der Waals surface area contributed by atoms with Gasteiger partial charge in [-0.3, -0.25) is 0 Å². The molecule has 1 aromatic carbocycles. The third-order valence-corrected chi connectivity index (χ3v) is 4.49. The van der Waals surface area contributed by atoms with Crippen LogP contribution in [0.2, 0.25) is 5.02 Å². The summed E-state index contributed by atoms with van der Waals surface area (Å²) in [6, 6.07) is 5.91. The summed E-state index contributed by atoms with van der Waals surface area (Å²) in [5.41, 5.74) is 1.99. The highest BCUT2D eigenvalue weighted by atomic mass is 35.5. The summed E-state index contributed by atoms with van der Waals surface area (Å²) >= 11 is 6.18. The number of aliphatic hydroxyl groups is 1. The molecule has 106 valence electrons. The SMILES string of the molecule is CCCC1CCCN(c2cccc(Cl)c2CO)CC1. The molecule has 1 N–H and O–H groups in total. The van der Waals surface area contributed by atoms with Gasteiger partial charge in [-0.05, 0) is 37.3 Å². The van der Waals surface area contributed by atoms with E-state index in [9.17, 15) is 5.11 Å². The summed E-state index contributed by atoms with van der Waals surface area (Å²) in [6.07, 6.45) is 6.45. The lowest BCUT2D eigenvalue weighted by Gasteiger charge is -2.25. The summed E-state index contributed by atoms with van der Waals surface area (Å²) in [5.74, 6) is 0.867. The van der Waals surface area contributed by atoms with Gasteiger partial charge in [-0.1, -0.05) is 37.4 Å². The van der Waals surface area contributed by atoms with Crippen molar-refractivity contribution in [2.24, 2.45) is 5.92 Å². The van der Waals surface area contributed by atoms with Crippen molar-refractivity contribution >= 4 is 17.3 Å². The maximum Gasteiger partial charge on any atom is 0.0716 e. The predicted octanol–water partition coefficient (Wildman–Crippen LogP) is 4.24. The van der Waals surface area contributed by atoms with Crippen LogP contribution in [0.3, 0.4) is 0 Å². The highest BCUT2D eigenvalue weighted by Crippen LogP contribution is 2.31. The molecule has 0 bridgehead atoms. The van der Waals surface area contributed by atoms with Crippen molar-refractivity contribution in [2.75, 3.05) is 18.0 Å². The second-order valence-corrected chi connectivity index (χ2v) is 5.88. The Morgan fingerprint density at radius 3 is 2.89 bits per heavy atom. The van der Waals surface area contributed by atoms with Crippen LogP contribution in [0, 0.1) is 5.92 Å². The van der Waals surface area contributed by atoms with Crippen LogP contribution in [-0.2, 0) is 6.61 Å². The topological polar surface area (TPSA) is 23.5 Å². The Bertz CT molecular complexity index is 408. The Morgan fingerprint density at radius 2 is 2.16 bits per heavy atom. The Labute approximate surface area is 121 Å². The van der Waals surface area contributed by atoms with Gasteiger partial charge in [0.25, 0.3) is 0 Å². The molecule has 1 atom stereocenters. The van der Waals surface area contributed by atoms with Crippen LogP contribution in [-0.4, -0.2) is 18.2 Å². The van der Waals surface area contributed by atoms with Gasteiger partial charge in [0, 0.05) is 29.4 Å². The predicted molar refractivity (Wildman–Crippen MR) is 81.8 cm³/mol. The van der Waals surface area contributed by atoms with Crippen LogP contribution >= 0.6 is 11.6 Å². The smallest absolute Gasteiger partial charge is 0.0716 e. The van der Waals surface area contributed by atoms with Gasteiger partial charge in [-0.25, -0.2) is 0 Å². The van der Waals surface area contributed by atoms with E-state index in [0.717, 1.165) is 30.3 Å². The van der Waals surface area contributed by atoms with Gasteiger partial charge < -0.3 is 10.0 Å². The third-order valence-electron chi connectivity index (χ3n) is 4.14. The van der Waals surface area contributed by atoms with Gasteiger partial charge in [0.1, 0.15) is 0 Å². The number of aliphatic hydroxyl groups excluding tert-OH is 1. The van der Waals surface area contributed by atoms with E-state index in [1.807, 2.05) is 12.1 Å². The molecule has 1 heterocycles. The van der Waals surface area contributed by atoms with Crippen molar-refractivity contribution in [3.8, 4) is 0 Å². The van der Waals surface area contributed by atoms with Gasteiger partial charge in [-0.2, -0.15) is 0 Å². The number of hydrogen-bond acceptors (Lipinski definition) is 2. The highest BCUT2D eigenvalue weighted by molar-refractivity contribution is 6.31. The normalized spacial score (nSPS) is 20.4. The van der Waals surface area contributed by atoms with Gasteiger partial charge in [0.15, 0.2) is 0 Å². The number of benzene rings is 1.